The van der Waals surface area contributed by atoms with E-state index in [-0.39, 0.29) is 5.69 Å². The zero-order valence-electron chi connectivity index (χ0n) is 12.6. The van der Waals surface area contributed by atoms with Crippen molar-refractivity contribution in [2.45, 2.75) is 31.9 Å². The minimum Gasteiger partial charge on any atom is -0.288 e. The number of hydrogen-bond acceptors (Lipinski definition) is 2. The van der Waals surface area contributed by atoms with Gasteiger partial charge in [0.25, 0.3) is 0 Å². The highest BCUT2D eigenvalue weighted by Crippen LogP contribution is 2.48. The number of para-hydroxylation sites is 1. The summed E-state index contributed by atoms with van der Waals surface area (Å²) in [5.74, 6) is 1.12. The van der Waals surface area contributed by atoms with Crippen molar-refractivity contribution in [2.24, 2.45) is 11.8 Å². The normalized spacial score (nSPS) is 22.3. The van der Waals surface area contributed by atoms with Crippen LogP contribution in [0.5, 0.6) is 0 Å². The minimum atomic E-state index is -4.34. The molecule has 2 nitrogen and oxygen atoms in total. The maximum absolute atomic E-state index is 13.4. The average molecular weight is 387 g/mol. The van der Waals surface area contributed by atoms with Crippen LogP contribution in [0.3, 0.4) is 0 Å². The van der Waals surface area contributed by atoms with Crippen LogP contribution in [-0.2, 0) is 6.18 Å². The second-order valence-electron chi connectivity index (χ2n) is 6.66. The van der Waals surface area contributed by atoms with Gasteiger partial charge in [0.15, 0.2) is 0 Å². The Labute approximate surface area is 142 Å². The molecule has 4 rings (SSSR count). The summed E-state index contributed by atoms with van der Waals surface area (Å²) in [6, 6.07) is 5.90. The summed E-state index contributed by atoms with van der Waals surface area (Å²) in [6.45, 7) is 1.32. The Hall–Kier alpha value is -1.17. The summed E-state index contributed by atoms with van der Waals surface area (Å²) in [5, 5.41) is 3.93. The van der Waals surface area contributed by atoms with Crippen LogP contribution in [0.4, 0.5) is 18.9 Å². The van der Waals surface area contributed by atoms with Crippen molar-refractivity contribution in [1.29, 1.82) is 0 Å². The third-order valence-corrected chi connectivity index (χ3v) is 5.37. The van der Waals surface area contributed by atoms with Gasteiger partial charge in [-0.25, -0.2) is 0 Å². The zero-order chi connectivity index (χ0) is 16.2. The first-order valence-corrected chi connectivity index (χ1v) is 8.84. The number of alkyl halides is 3. The lowest BCUT2D eigenvalue weighted by atomic mass is 10.1. The van der Waals surface area contributed by atoms with E-state index in [1.54, 1.807) is 12.1 Å². The van der Waals surface area contributed by atoms with Crippen molar-refractivity contribution in [1.82, 2.24) is 5.01 Å². The van der Waals surface area contributed by atoms with Crippen molar-refractivity contribution < 1.29 is 13.2 Å². The number of benzene rings is 1. The third kappa shape index (κ3) is 2.97. The minimum absolute atomic E-state index is 0.258. The Kier molecular flexibility index (Phi) is 3.63. The molecule has 0 saturated heterocycles. The first-order chi connectivity index (χ1) is 10.9. The number of hydrazine groups is 1. The maximum Gasteiger partial charge on any atom is 0.418 e. The Morgan fingerprint density at radius 2 is 1.78 bits per heavy atom. The van der Waals surface area contributed by atoms with Gasteiger partial charge in [-0.05, 0) is 43.7 Å². The molecule has 0 aromatic heterocycles. The number of rotatable bonds is 4. The van der Waals surface area contributed by atoms with Gasteiger partial charge < -0.3 is 0 Å². The molecular formula is C17H18BrF3N2. The molecular weight excluding hydrogens is 369 g/mol. The van der Waals surface area contributed by atoms with Gasteiger partial charge in [0, 0.05) is 22.6 Å². The number of hydrogen-bond donors (Lipinski definition) is 0. The van der Waals surface area contributed by atoms with E-state index >= 15 is 0 Å². The summed E-state index contributed by atoms with van der Waals surface area (Å²) in [7, 11) is 0. The average Bonchev–Trinajstić information content (AvgIpc) is 3.39. The number of anilines is 1. The first kappa shape index (κ1) is 15.4. The maximum atomic E-state index is 13.4. The molecule has 1 aromatic rings. The predicted molar refractivity (Wildman–Crippen MR) is 86.9 cm³/mol. The van der Waals surface area contributed by atoms with Crippen molar-refractivity contribution in [3.63, 3.8) is 0 Å². The van der Waals surface area contributed by atoms with E-state index < -0.39 is 11.7 Å². The quantitative estimate of drug-likeness (QED) is 0.704. The number of halogens is 4. The molecule has 2 saturated carbocycles. The Balaban J connectivity index is 1.71. The summed E-state index contributed by atoms with van der Waals surface area (Å²) in [4.78, 5) is 0. The molecule has 0 unspecified atom stereocenters. The molecule has 3 aliphatic rings. The second-order valence-corrected chi connectivity index (χ2v) is 7.62. The van der Waals surface area contributed by atoms with Gasteiger partial charge in [-0.2, -0.15) is 13.2 Å². The Morgan fingerprint density at radius 1 is 1.09 bits per heavy atom. The SMILES string of the molecule is FC(F)(F)c1ccccc1N1CC(Br)=C(C2CC2)N1CC1CC1. The molecule has 6 heteroatoms. The molecule has 124 valence electrons. The van der Waals surface area contributed by atoms with Crippen LogP contribution in [0.25, 0.3) is 0 Å². The Bertz CT molecular complexity index is 647. The molecule has 0 spiro atoms. The van der Waals surface area contributed by atoms with Crippen LogP contribution in [0.1, 0.15) is 31.2 Å². The summed E-state index contributed by atoms with van der Waals surface area (Å²) in [6.07, 6.45) is 0.305. The van der Waals surface area contributed by atoms with Crippen LogP contribution < -0.4 is 5.01 Å². The summed E-state index contributed by atoms with van der Waals surface area (Å²) >= 11 is 3.62. The largest absolute Gasteiger partial charge is 0.418 e. The number of allylic oxidation sites excluding steroid dienone is 1. The van der Waals surface area contributed by atoms with Crippen molar-refractivity contribution in [3.8, 4) is 0 Å². The fourth-order valence-electron chi connectivity index (χ4n) is 3.25. The van der Waals surface area contributed by atoms with E-state index in [9.17, 15) is 13.2 Å². The first-order valence-electron chi connectivity index (χ1n) is 8.05. The highest BCUT2D eigenvalue weighted by Gasteiger charge is 2.43. The molecule has 0 atom stereocenters. The fraction of sp³-hybridized carbons (Fsp3) is 0.529. The molecule has 2 aliphatic carbocycles. The van der Waals surface area contributed by atoms with Crippen LogP contribution in [-0.4, -0.2) is 18.1 Å². The van der Waals surface area contributed by atoms with Crippen molar-refractivity contribution >= 4 is 21.6 Å². The highest BCUT2D eigenvalue weighted by atomic mass is 79.9. The third-order valence-electron chi connectivity index (χ3n) is 4.72. The second kappa shape index (κ2) is 5.43. The molecule has 0 radical (unpaired) electrons. The lowest BCUT2D eigenvalue weighted by Crippen LogP contribution is -2.40. The molecule has 0 N–H and O–H groups in total. The molecule has 1 aromatic carbocycles. The molecule has 2 fully saturated rings. The summed E-state index contributed by atoms with van der Waals surface area (Å²) in [5.41, 5.74) is 0.903. The zero-order valence-corrected chi connectivity index (χ0v) is 14.2. The van der Waals surface area contributed by atoms with Crippen LogP contribution in [0.2, 0.25) is 0 Å². The van der Waals surface area contributed by atoms with Gasteiger partial charge >= 0.3 is 6.18 Å². The molecule has 1 heterocycles. The highest BCUT2D eigenvalue weighted by molar-refractivity contribution is 9.11. The van der Waals surface area contributed by atoms with Gasteiger partial charge in [0.05, 0.1) is 17.8 Å². The van der Waals surface area contributed by atoms with Crippen LogP contribution in [0, 0.1) is 11.8 Å². The van der Waals surface area contributed by atoms with Gasteiger partial charge in [-0.15, -0.1) is 0 Å². The fourth-order valence-corrected chi connectivity index (χ4v) is 4.02. The number of nitrogens with zero attached hydrogens (tertiary/aromatic N) is 2. The molecule has 1 aliphatic heterocycles. The smallest absolute Gasteiger partial charge is 0.288 e. The lowest BCUT2D eigenvalue weighted by Gasteiger charge is -2.35. The summed E-state index contributed by atoms with van der Waals surface area (Å²) < 4.78 is 41.2. The topological polar surface area (TPSA) is 6.48 Å². The van der Waals surface area contributed by atoms with Gasteiger partial charge in [0.1, 0.15) is 0 Å². The van der Waals surface area contributed by atoms with Crippen LogP contribution >= 0.6 is 15.9 Å². The van der Waals surface area contributed by atoms with Crippen LogP contribution in [0.15, 0.2) is 34.4 Å². The predicted octanol–water partition coefficient (Wildman–Crippen LogP) is 5.17. The van der Waals surface area contributed by atoms with Gasteiger partial charge in [-0.3, -0.25) is 10.0 Å². The monoisotopic (exact) mass is 386 g/mol. The van der Waals surface area contributed by atoms with Crippen molar-refractivity contribution in [2.75, 3.05) is 18.1 Å². The van der Waals surface area contributed by atoms with E-state index in [0.717, 1.165) is 23.9 Å². The van der Waals surface area contributed by atoms with E-state index in [0.29, 0.717) is 18.4 Å². The van der Waals surface area contributed by atoms with E-state index in [1.807, 2.05) is 5.01 Å². The van der Waals surface area contributed by atoms with E-state index in [4.69, 9.17) is 0 Å². The van der Waals surface area contributed by atoms with E-state index in [2.05, 4.69) is 20.9 Å². The molecule has 0 amide bonds. The van der Waals surface area contributed by atoms with Crippen molar-refractivity contribution in [3.05, 3.63) is 40.0 Å². The van der Waals surface area contributed by atoms with Gasteiger partial charge in [-0.1, -0.05) is 28.1 Å². The van der Waals surface area contributed by atoms with Gasteiger partial charge in [0.2, 0.25) is 0 Å². The molecule has 23 heavy (non-hydrogen) atoms. The standard InChI is InChI=1S/C17H18BrF3N2/c18-14-10-22(15-4-2-1-3-13(15)17(19,20)21)23(9-11-5-6-11)16(14)12-7-8-12/h1-4,11-12H,5-10H2. The molecule has 0 bridgehead atoms. The lowest BCUT2D eigenvalue weighted by molar-refractivity contribution is -0.137. The van der Waals surface area contributed by atoms with E-state index in [1.165, 1.54) is 30.7 Å². The Morgan fingerprint density at radius 3 is 2.39 bits per heavy atom.